The van der Waals surface area contributed by atoms with E-state index in [0.717, 1.165) is 116 Å². The van der Waals surface area contributed by atoms with Gasteiger partial charge in [0.2, 0.25) is 17.7 Å². The smallest absolute Gasteiger partial charge is 0.274 e. The van der Waals surface area contributed by atoms with Gasteiger partial charge in [0.05, 0.1) is 18.5 Å². The molecule has 4 fully saturated rings. The number of carbonyl (C=O) groups excluding carboxylic acids is 5. The topological polar surface area (TPSA) is 209 Å². The molecule has 9 rings (SSSR count). The third-order valence-electron chi connectivity index (χ3n) is 13.9. The molecule has 2 aromatic heterocycles. The molecule has 0 bridgehead atoms. The average Bonchev–Trinajstić information content (AvgIpc) is 3.89. The maximum Gasteiger partial charge on any atom is 0.274 e. The van der Waals surface area contributed by atoms with E-state index < -0.39 is 11.9 Å². The van der Waals surface area contributed by atoms with Crippen LogP contribution in [0, 0.1) is 5.41 Å². The zero-order valence-electron chi connectivity index (χ0n) is 38.2. The Morgan fingerprint density at radius 1 is 0.940 bits per heavy atom. The van der Waals surface area contributed by atoms with E-state index in [2.05, 4.69) is 47.5 Å². The van der Waals surface area contributed by atoms with Gasteiger partial charge in [0, 0.05) is 87.4 Å². The Labute approximate surface area is 395 Å². The van der Waals surface area contributed by atoms with Crippen molar-refractivity contribution in [2.75, 3.05) is 55.0 Å². The van der Waals surface area contributed by atoms with E-state index in [4.69, 9.17) is 10.5 Å². The first kappa shape index (κ1) is 46.1. The number of nitrogens with two attached hydrogens (primary N) is 1. The molecule has 5 aliphatic rings. The van der Waals surface area contributed by atoms with Crippen LogP contribution < -0.4 is 26.2 Å². The summed E-state index contributed by atoms with van der Waals surface area (Å²) in [6, 6.07) is 16.2. The Morgan fingerprint density at radius 2 is 1.76 bits per heavy atom. The summed E-state index contributed by atoms with van der Waals surface area (Å²) < 4.78 is 6.24. The summed E-state index contributed by atoms with van der Waals surface area (Å²) in [5.74, 6) is 0.367. The average molecular weight is 930 g/mol. The van der Waals surface area contributed by atoms with Gasteiger partial charge in [-0.05, 0) is 111 Å². The molecule has 5 amide bonds. The van der Waals surface area contributed by atoms with Crippen LogP contribution in [0.25, 0.3) is 0 Å². The molecule has 17 nitrogen and oxygen atoms in total. The largest absolute Gasteiger partial charge is 0.378 e. The van der Waals surface area contributed by atoms with Gasteiger partial charge in [0.25, 0.3) is 11.8 Å². The normalized spacial score (nSPS) is 22.1. The second-order valence-electron chi connectivity index (χ2n) is 19.2. The van der Waals surface area contributed by atoms with Crippen LogP contribution in [0.1, 0.15) is 110 Å². The van der Waals surface area contributed by atoms with Crippen LogP contribution in [-0.2, 0) is 32.2 Å². The zero-order valence-corrected chi connectivity index (χ0v) is 39.1. The zero-order chi connectivity index (χ0) is 46.7. The minimum atomic E-state index is -0.677. The number of amides is 5. The molecule has 1 spiro atoms. The molecule has 4 aliphatic heterocycles. The van der Waals surface area contributed by atoms with E-state index >= 15 is 0 Å². The summed E-state index contributed by atoms with van der Waals surface area (Å²) in [6.07, 6.45) is 12.4. The van der Waals surface area contributed by atoms with Gasteiger partial charge in [-0.25, -0.2) is 9.97 Å². The quantitative estimate of drug-likeness (QED) is 0.0958. The van der Waals surface area contributed by atoms with Crippen molar-refractivity contribution in [1.82, 2.24) is 35.3 Å². The number of fused-ring (bicyclic) bond motifs is 1. The van der Waals surface area contributed by atoms with Crippen molar-refractivity contribution in [1.29, 1.82) is 0 Å². The molecule has 2 aromatic carbocycles. The van der Waals surface area contributed by atoms with Gasteiger partial charge >= 0.3 is 0 Å². The summed E-state index contributed by atoms with van der Waals surface area (Å²) in [6.45, 7) is 6.87. The van der Waals surface area contributed by atoms with Gasteiger partial charge in [0.1, 0.15) is 16.9 Å². The molecule has 4 aromatic rings. The molecule has 4 N–H and O–H groups in total. The summed E-state index contributed by atoms with van der Waals surface area (Å²) in [4.78, 5) is 81.1. The van der Waals surface area contributed by atoms with Crippen molar-refractivity contribution in [3.05, 3.63) is 89.4 Å². The van der Waals surface area contributed by atoms with E-state index in [1.165, 1.54) is 16.7 Å². The van der Waals surface area contributed by atoms with Crippen molar-refractivity contribution in [2.45, 2.75) is 118 Å². The molecule has 6 heterocycles. The number of nitrogens with one attached hydrogen (secondary N) is 2. The Bertz CT molecular complexity index is 2490. The molecule has 3 saturated heterocycles. The van der Waals surface area contributed by atoms with Crippen LogP contribution in [0.2, 0.25) is 0 Å². The van der Waals surface area contributed by atoms with Gasteiger partial charge in [0.15, 0.2) is 11.5 Å². The second kappa shape index (κ2) is 19.7. The summed E-state index contributed by atoms with van der Waals surface area (Å²) in [5.41, 5.74) is 9.55. The van der Waals surface area contributed by atoms with E-state index in [1.54, 1.807) is 30.3 Å². The molecular weight excluding hydrogens is 871 g/mol. The van der Waals surface area contributed by atoms with Crippen molar-refractivity contribution in [2.24, 2.45) is 11.1 Å². The molecule has 1 atom stereocenters. The fourth-order valence-corrected chi connectivity index (χ4v) is 10.7. The summed E-state index contributed by atoms with van der Waals surface area (Å²) in [5, 5.41) is 14.9. The number of nitrogens with zero attached hydrogens (tertiary/aromatic N) is 8. The Balaban J connectivity index is 0.645. The van der Waals surface area contributed by atoms with Gasteiger partial charge < -0.3 is 35.4 Å². The van der Waals surface area contributed by atoms with Crippen molar-refractivity contribution >= 4 is 58.6 Å². The Hall–Kier alpha value is -5.98. The van der Waals surface area contributed by atoms with E-state index in [0.29, 0.717) is 31.6 Å². The van der Waals surface area contributed by atoms with Crippen LogP contribution >= 0.6 is 11.8 Å². The minimum Gasteiger partial charge on any atom is -0.378 e. The number of hydrogen-bond acceptors (Lipinski definition) is 14. The number of unbranched alkanes of at least 4 members (excludes halogenated alkanes) is 2. The highest BCUT2D eigenvalue weighted by Gasteiger charge is 2.49. The summed E-state index contributed by atoms with van der Waals surface area (Å²) >= 11 is 1.52. The first-order chi connectivity index (χ1) is 32.3. The van der Waals surface area contributed by atoms with Crippen molar-refractivity contribution < 1.29 is 28.7 Å². The predicted octanol–water partition coefficient (Wildman–Crippen LogP) is 5.34. The summed E-state index contributed by atoms with van der Waals surface area (Å²) in [7, 11) is 1.71. The number of imide groups is 1. The molecule has 18 heteroatoms. The third-order valence-corrected chi connectivity index (χ3v) is 14.8. The molecule has 1 unspecified atom stereocenters. The molecule has 67 heavy (non-hydrogen) atoms. The Morgan fingerprint density at radius 3 is 2.52 bits per heavy atom. The number of anilines is 3. The number of carbonyl (C=O) groups is 5. The fourth-order valence-electron chi connectivity index (χ4n) is 9.93. The molecular formula is C49H59N11O6S. The van der Waals surface area contributed by atoms with Crippen molar-refractivity contribution in [3.8, 4) is 0 Å². The monoisotopic (exact) mass is 929 g/mol. The highest BCUT2D eigenvalue weighted by atomic mass is 32.2. The number of aromatic nitrogens is 4. The lowest BCUT2D eigenvalue weighted by Crippen LogP contribution is -2.52. The SMILES string of the molecule is CN(Cc1ccc2c(c1)CN(C1CCC(=O)NC1=O)C2=O)C(=O)c1ccc(N2CCC3(CC(OCCCCCC(=O)Nc4cccc(Sc5cnc(N6CCC(C)(N)CC6)cn5)c4)C3)C2)nn1. The van der Waals surface area contributed by atoms with E-state index in [1.807, 2.05) is 48.7 Å². The molecule has 0 radical (unpaired) electrons. The maximum absolute atomic E-state index is 13.4. The lowest BCUT2D eigenvalue weighted by Gasteiger charge is -2.44. The number of hydrogen-bond donors (Lipinski definition) is 3. The first-order valence-corrected chi connectivity index (χ1v) is 24.3. The highest BCUT2D eigenvalue weighted by molar-refractivity contribution is 7.99. The number of piperidine rings is 2. The van der Waals surface area contributed by atoms with Crippen LogP contribution in [0.5, 0.6) is 0 Å². The van der Waals surface area contributed by atoms with Crippen molar-refractivity contribution in [3.63, 3.8) is 0 Å². The third kappa shape index (κ3) is 10.9. The van der Waals surface area contributed by atoms with Gasteiger partial charge in [-0.3, -0.25) is 29.3 Å². The highest BCUT2D eigenvalue weighted by Crippen LogP contribution is 2.50. The van der Waals surface area contributed by atoms with Gasteiger partial charge in [-0.15, -0.1) is 10.2 Å². The lowest BCUT2D eigenvalue weighted by molar-refractivity contribution is -0.137. The van der Waals surface area contributed by atoms with Crippen LogP contribution in [0.3, 0.4) is 0 Å². The Kier molecular flexibility index (Phi) is 13.6. The fraction of sp³-hybridized carbons (Fsp3) is 0.490. The standard InChI is InChI=1S/C49H59N11O6S/c1-48(50)16-19-58(20-17-48)41-27-52-44(28-51-41)67-36-8-6-7-34(24-36)53-42(61)9-4-3-5-22-66-35-25-49(26-35)18-21-59(31-49)40-14-12-38(55-56-40)47(65)57(2)29-32-10-11-37-33(23-32)30-60(46(37)64)39-13-15-43(62)54-45(39)63/h6-8,10-12,14,23-24,27-28,35,39H,3-5,9,13,15-22,25-26,29-31,50H2,1-2H3,(H,53,61)(H,54,62,63). The molecule has 1 aliphatic carbocycles. The molecule has 1 saturated carbocycles. The lowest BCUT2D eigenvalue weighted by atomic mass is 9.66. The minimum absolute atomic E-state index is 0.00222. The number of rotatable bonds is 16. The first-order valence-electron chi connectivity index (χ1n) is 23.4. The van der Waals surface area contributed by atoms with Crippen LogP contribution in [0.15, 0.2) is 76.9 Å². The maximum atomic E-state index is 13.4. The van der Waals surface area contributed by atoms with Crippen LogP contribution in [-0.4, -0.2) is 117 Å². The second-order valence-corrected chi connectivity index (χ2v) is 20.3. The number of benzene rings is 2. The van der Waals surface area contributed by atoms with Gasteiger partial charge in [-0.1, -0.05) is 36.4 Å². The van der Waals surface area contributed by atoms with E-state index in [9.17, 15) is 24.0 Å². The number of ether oxygens (including phenoxy) is 1. The van der Waals surface area contributed by atoms with Crippen LogP contribution in [0.4, 0.5) is 17.3 Å². The molecule has 352 valence electrons. The van der Waals surface area contributed by atoms with Gasteiger partial charge in [-0.2, -0.15) is 0 Å². The van der Waals surface area contributed by atoms with E-state index in [-0.39, 0.29) is 59.3 Å². The predicted molar refractivity (Wildman–Crippen MR) is 252 cm³/mol.